The van der Waals surface area contributed by atoms with Gasteiger partial charge in [-0.25, -0.2) is 0 Å². The Morgan fingerprint density at radius 3 is 2.75 bits per heavy atom. The summed E-state index contributed by atoms with van der Waals surface area (Å²) in [6.45, 7) is 1.66. The Morgan fingerprint density at radius 1 is 1.75 bits per heavy atom. The summed E-state index contributed by atoms with van der Waals surface area (Å²) in [4.78, 5) is 0. The highest BCUT2D eigenvalue weighted by atomic mass is 31.1. The Labute approximate surface area is 48.3 Å². The Hall–Kier alpha value is -0.490. The second-order valence-corrected chi connectivity index (χ2v) is 3.14. The molecule has 0 aliphatic carbocycles. The molecule has 1 rings (SSSR count). The fraction of sp³-hybridized carbons (Fsp3) is 0.200. The van der Waals surface area contributed by atoms with Crippen LogP contribution < -0.4 is 5.50 Å². The van der Waals surface area contributed by atoms with E-state index < -0.39 is 7.80 Å². The van der Waals surface area contributed by atoms with Gasteiger partial charge in [0, 0.05) is 0 Å². The standard InChI is InChI=1S/C5H7O2P/c1-8(6)5-3-2-4-7-5/h2-4,8H,1H3. The lowest BCUT2D eigenvalue weighted by molar-refractivity contribution is 0.571. The summed E-state index contributed by atoms with van der Waals surface area (Å²) in [5.74, 6) is 0. The molecule has 0 amide bonds. The van der Waals surface area contributed by atoms with Gasteiger partial charge in [0.05, 0.1) is 6.26 Å². The van der Waals surface area contributed by atoms with E-state index in [1.807, 2.05) is 0 Å². The van der Waals surface area contributed by atoms with Crippen molar-refractivity contribution in [3.8, 4) is 0 Å². The minimum absolute atomic E-state index is 0.606. The van der Waals surface area contributed by atoms with E-state index in [2.05, 4.69) is 0 Å². The molecule has 1 heterocycles. The molecule has 0 radical (unpaired) electrons. The lowest BCUT2D eigenvalue weighted by Crippen LogP contribution is -1.85. The Balaban J connectivity index is 2.93. The normalized spacial score (nSPS) is 13.6. The molecule has 0 aliphatic heterocycles. The molecule has 2 nitrogen and oxygen atoms in total. The fourth-order valence-corrected chi connectivity index (χ4v) is 1.04. The molecule has 1 atom stereocenters. The lowest BCUT2D eigenvalue weighted by Gasteiger charge is -1.82. The summed E-state index contributed by atoms with van der Waals surface area (Å²) >= 11 is 0. The van der Waals surface area contributed by atoms with Crippen LogP contribution in [0.5, 0.6) is 0 Å². The van der Waals surface area contributed by atoms with Crippen molar-refractivity contribution in [2.45, 2.75) is 0 Å². The summed E-state index contributed by atoms with van der Waals surface area (Å²) in [5, 5.41) is 0. The van der Waals surface area contributed by atoms with Crippen molar-refractivity contribution in [1.29, 1.82) is 0 Å². The van der Waals surface area contributed by atoms with Gasteiger partial charge in [0.2, 0.25) is 0 Å². The zero-order chi connectivity index (χ0) is 5.98. The molecule has 0 N–H and O–H groups in total. The molecule has 1 unspecified atom stereocenters. The zero-order valence-electron chi connectivity index (χ0n) is 4.55. The maximum atomic E-state index is 10.6. The van der Waals surface area contributed by atoms with Crippen molar-refractivity contribution >= 4 is 13.3 Å². The molecular formula is C5H7O2P. The van der Waals surface area contributed by atoms with E-state index in [1.165, 1.54) is 6.26 Å². The van der Waals surface area contributed by atoms with Crippen molar-refractivity contribution in [3.63, 3.8) is 0 Å². The van der Waals surface area contributed by atoms with Crippen LogP contribution in [0.4, 0.5) is 0 Å². The molecule has 0 spiro atoms. The molecule has 0 aromatic carbocycles. The van der Waals surface area contributed by atoms with Gasteiger partial charge >= 0.3 is 0 Å². The maximum Gasteiger partial charge on any atom is 0.159 e. The van der Waals surface area contributed by atoms with Crippen LogP contribution in [0.15, 0.2) is 22.8 Å². The first-order chi connectivity index (χ1) is 3.80. The van der Waals surface area contributed by atoms with Gasteiger partial charge in [0.25, 0.3) is 0 Å². The molecule has 1 aromatic heterocycles. The van der Waals surface area contributed by atoms with E-state index in [4.69, 9.17) is 4.42 Å². The fourth-order valence-electron chi connectivity index (χ4n) is 0.479. The summed E-state index contributed by atoms with van der Waals surface area (Å²) in [6, 6.07) is 3.46. The van der Waals surface area contributed by atoms with Crippen LogP contribution >= 0.6 is 7.80 Å². The van der Waals surface area contributed by atoms with Crippen LogP contribution in [-0.4, -0.2) is 6.66 Å². The van der Waals surface area contributed by atoms with Gasteiger partial charge in [-0.15, -0.1) is 0 Å². The predicted molar refractivity (Wildman–Crippen MR) is 33.3 cm³/mol. The predicted octanol–water partition coefficient (Wildman–Crippen LogP) is 1.09. The average molecular weight is 130 g/mol. The minimum Gasteiger partial charge on any atom is -0.462 e. The third-order valence-electron chi connectivity index (χ3n) is 0.868. The van der Waals surface area contributed by atoms with Crippen molar-refractivity contribution < 1.29 is 8.98 Å². The molecular weight excluding hydrogens is 123 g/mol. The van der Waals surface area contributed by atoms with E-state index >= 15 is 0 Å². The molecule has 1 aromatic rings. The summed E-state index contributed by atoms with van der Waals surface area (Å²) in [7, 11) is -1.59. The van der Waals surface area contributed by atoms with Gasteiger partial charge in [0.15, 0.2) is 5.50 Å². The van der Waals surface area contributed by atoms with Crippen LogP contribution in [0.25, 0.3) is 0 Å². The van der Waals surface area contributed by atoms with Crippen molar-refractivity contribution in [2.24, 2.45) is 0 Å². The number of rotatable bonds is 1. The molecule has 0 bridgehead atoms. The highest BCUT2D eigenvalue weighted by Gasteiger charge is 1.95. The Bertz CT molecular complexity index is 178. The van der Waals surface area contributed by atoms with E-state index in [9.17, 15) is 4.57 Å². The number of hydrogen-bond acceptors (Lipinski definition) is 2. The highest BCUT2D eigenvalue weighted by molar-refractivity contribution is 7.52. The topological polar surface area (TPSA) is 30.2 Å². The maximum absolute atomic E-state index is 10.6. The van der Waals surface area contributed by atoms with E-state index in [1.54, 1.807) is 18.8 Å². The quantitative estimate of drug-likeness (QED) is 0.532. The second-order valence-electron chi connectivity index (χ2n) is 1.53. The first-order valence-electron chi connectivity index (χ1n) is 2.35. The average Bonchev–Trinajstić information content (AvgIpc) is 2.12. The van der Waals surface area contributed by atoms with Crippen LogP contribution in [0.2, 0.25) is 0 Å². The SMILES string of the molecule is C[PH](=O)c1ccco1. The first-order valence-corrected chi connectivity index (χ1v) is 4.26. The van der Waals surface area contributed by atoms with E-state index in [0.29, 0.717) is 5.50 Å². The Morgan fingerprint density at radius 2 is 2.50 bits per heavy atom. The van der Waals surface area contributed by atoms with Gasteiger partial charge in [-0.2, -0.15) is 0 Å². The second kappa shape index (κ2) is 2.19. The molecule has 0 fully saturated rings. The molecule has 44 valence electrons. The van der Waals surface area contributed by atoms with Crippen molar-refractivity contribution in [2.75, 3.05) is 6.66 Å². The number of hydrogen-bond donors (Lipinski definition) is 0. The van der Waals surface area contributed by atoms with Gasteiger partial charge < -0.3 is 8.98 Å². The van der Waals surface area contributed by atoms with Gasteiger partial charge in [-0.1, -0.05) is 0 Å². The third kappa shape index (κ3) is 1.01. The van der Waals surface area contributed by atoms with E-state index in [0.717, 1.165) is 0 Å². The van der Waals surface area contributed by atoms with Gasteiger partial charge in [-0.05, 0) is 18.8 Å². The summed E-state index contributed by atoms with van der Waals surface area (Å²) in [5.41, 5.74) is 0.606. The van der Waals surface area contributed by atoms with Crippen LogP contribution in [0, 0.1) is 0 Å². The highest BCUT2D eigenvalue weighted by Crippen LogP contribution is 2.12. The molecule has 0 saturated heterocycles. The minimum atomic E-state index is -1.59. The van der Waals surface area contributed by atoms with Gasteiger partial charge in [0.1, 0.15) is 7.80 Å². The van der Waals surface area contributed by atoms with Crippen LogP contribution in [-0.2, 0) is 4.57 Å². The molecule has 0 aliphatic rings. The largest absolute Gasteiger partial charge is 0.462 e. The number of furan rings is 1. The van der Waals surface area contributed by atoms with Crippen molar-refractivity contribution in [3.05, 3.63) is 18.4 Å². The molecule has 0 saturated carbocycles. The first kappa shape index (κ1) is 5.64. The third-order valence-corrected chi connectivity index (χ3v) is 1.85. The lowest BCUT2D eigenvalue weighted by atomic mass is 10.7. The Kier molecular flexibility index (Phi) is 1.54. The molecule has 3 heteroatoms. The smallest absolute Gasteiger partial charge is 0.159 e. The summed E-state index contributed by atoms with van der Waals surface area (Å²) in [6.07, 6.45) is 1.53. The van der Waals surface area contributed by atoms with Gasteiger partial charge in [-0.3, -0.25) is 0 Å². The summed E-state index contributed by atoms with van der Waals surface area (Å²) < 4.78 is 15.4. The zero-order valence-corrected chi connectivity index (χ0v) is 5.55. The van der Waals surface area contributed by atoms with E-state index in [-0.39, 0.29) is 0 Å². The van der Waals surface area contributed by atoms with Crippen molar-refractivity contribution in [1.82, 2.24) is 0 Å². The van der Waals surface area contributed by atoms with Crippen LogP contribution in [0.3, 0.4) is 0 Å². The molecule has 8 heavy (non-hydrogen) atoms. The van der Waals surface area contributed by atoms with Crippen LogP contribution in [0.1, 0.15) is 0 Å². The monoisotopic (exact) mass is 130 g/mol.